The van der Waals surface area contributed by atoms with Crippen LogP contribution in [0.1, 0.15) is 31.2 Å². The molecule has 2 N–H and O–H groups in total. The van der Waals surface area contributed by atoms with E-state index in [1.165, 1.54) is 5.56 Å². The molecule has 98 valence electrons. The minimum absolute atomic E-state index is 0.286. The van der Waals surface area contributed by atoms with Gasteiger partial charge in [-0.2, -0.15) is 0 Å². The van der Waals surface area contributed by atoms with Crippen LogP contribution in [0.3, 0.4) is 0 Å². The number of nitrogens with two attached hydrogens (primary N) is 1. The van der Waals surface area contributed by atoms with E-state index in [2.05, 4.69) is 43.8 Å². The summed E-state index contributed by atoms with van der Waals surface area (Å²) in [5, 5.41) is 0. The van der Waals surface area contributed by atoms with E-state index in [9.17, 15) is 0 Å². The van der Waals surface area contributed by atoms with Gasteiger partial charge in [-0.25, -0.2) is 4.98 Å². The first-order valence-electron chi connectivity index (χ1n) is 6.41. The van der Waals surface area contributed by atoms with Crippen LogP contribution in [-0.4, -0.2) is 9.55 Å². The van der Waals surface area contributed by atoms with Crippen molar-refractivity contribution in [1.29, 1.82) is 0 Å². The zero-order valence-electron chi connectivity index (χ0n) is 11.6. The Hall–Kier alpha value is -2.21. The second-order valence-corrected chi connectivity index (χ2v) is 5.02. The summed E-state index contributed by atoms with van der Waals surface area (Å²) < 4.78 is 1.92. The molecule has 0 atom stereocenters. The van der Waals surface area contributed by atoms with Gasteiger partial charge in [0.2, 0.25) is 0 Å². The molecule has 0 aliphatic heterocycles. The molecule has 0 unspecified atom stereocenters. The maximum Gasteiger partial charge on any atom is 0.132 e. The van der Waals surface area contributed by atoms with Crippen LogP contribution in [0.5, 0.6) is 0 Å². The smallest absolute Gasteiger partial charge is 0.132 e. The number of nitrogen functional groups attached to an aromatic ring is 1. The number of imidazole rings is 1. The molecule has 0 fully saturated rings. The largest absolute Gasteiger partial charge is 0.383 e. The molecule has 0 spiro atoms. The first-order chi connectivity index (χ1) is 9.04. The molecule has 0 bridgehead atoms. The maximum atomic E-state index is 6.22. The van der Waals surface area contributed by atoms with Crippen molar-refractivity contribution in [3.05, 3.63) is 35.7 Å². The predicted octanol–water partition coefficient (Wildman–Crippen LogP) is 3.20. The third kappa shape index (κ3) is 2.48. The monoisotopic (exact) mass is 253 g/mol. The van der Waals surface area contributed by atoms with Crippen molar-refractivity contribution in [2.45, 2.75) is 33.2 Å². The standard InChI is InChI=1S/C16H19N3/c1-5-9-19-15(17)14(18-16(19)11(2)3)13-8-6-7-12(4)10-13/h1,6-8,10-11H,9,17H2,2-4H3. The number of hydrogen-bond donors (Lipinski definition) is 1. The van der Waals surface area contributed by atoms with Crippen molar-refractivity contribution in [3.8, 4) is 23.6 Å². The number of nitrogens with zero attached hydrogens (tertiary/aromatic N) is 2. The molecule has 1 aromatic carbocycles. The Balaban J connectivity index is 2.59. The molecule has 2 aromatic rings. The number of rotatable bonds is 3. The van der Waals surface area contributed by atoms with E-state index in [1.54, 1.807) is 0 Å². The fourth-order valence-electron chi connectivity index (χ4n) is 2.19. The van der Waals surface area contributed by atoms with Crippen LogP contribution in [0.25, 0.3) is 11.3 Å². The number of aryl methyl sites for hydroxylation is 1. The van der Waals surface area contributed by atoms with Gasteiger partial charge in [0.25, 0.3) is 0 Å². The lowest BCUT2D eigenvalue weighted by molar-refractivity contribution is 0.691. The molecule has 0 saturated carbocycles. The van der Waals surface area contributed by atoms with Crippen LogP contribution < -0.4 is 5.73 Å². The number of benzene rings is 1. The summed E-state index contributed by atoms with van der Waals surface area (Å²) in [5.74, 6) is 4.51. The first kappa shape index (κ1) is 13.2. The molecular formula is C16H19N3. The van der Waals surface area contributed by atoms with Gasteiger partial charge in [0, 0.05) is 11.5 Å². The van der Waals surface area contributed by atoms with E-state index in [0.717, 1.165) is 17.1 Å². The Morgan fingerprint density at radius 1 is 1.42 bits per heavy atom. The zero-order valence-corrected chi connectivity index (χ0v) is 11.6. The molecule has 0 saturated heterocycles. The van der Waals surface area contributed by atoms with Gasteiger partial charge in [0.05, 0.1) is 6.54 Å². The van der Waals surface area contributed by atoms with Crippen molar-refractivity contribution < 1.29 is 0 Å². The summed E-state index contributed by atoms with van der Waals surface area (Å²) in [4.78, 5) is 4.68. The highest BCUT2D eigenvalue weighted by atomic mass is 15.1. The highest BCUT2D eigenvalue weighted by molar-refractivity contribution is 5.71. The number of aromatic nitrogens is 2. The summed E-state index contributed by atoms with van der Waals surface area (Å²) in [7, 11) is 0. The van der Waals surface area contributed by atoms with E-state index in [-0.39, 0.29) is 5.92 Å². The average Bonchev–Trinajstić information content (AvgIpc) is 2.68. The van der Waals surface area contributed by atoms with Crippen molar-refractivity contribution in [2.75, 3.05) is 5.73 Å². The van der Waals surface area contributed by atoms with Crippen LogP contribution >= 0.6 is 0 Å². The quantitative estimate of drug-likeness (QED) is 0.854. The molecule has 2 rings (SSSR count). The van der Waals surface area contributed by atoms with Gasteiger partial charge in [0.1, 0.15) is 17.3 Å². The van der Waals surface area contributed by atoms with Gasteiger partial charge < -0.3 is 10.3 Å². The molecule has 1 heterocycles. The highest BCUT2D eigenvalue weighted by Gasteiger charge is 2.17. The maximum absolute atomic E-state index is 6.22. The topological polar surface area (TPSA) is 43.8 Å². The number of hydrogen-bond acceptors (Lipinski definition) is 2. The summed E-state index contributed by atoms with van der Waals surface area (Å²) in [6.45, 7) is 6.70. The van der Waals surface area contributed by atoms with Crippen molar-refractivity contribution in [3.63, 3.8) is 0 Å². The SMILES string of the molecule is C#CCn1c(C(C)C)nc(-c2cccc(C)c2)c1N. The Kier molecular flexibility index (Phi) is 3.62. The molecule has 1 aromatic heterocycles. The normalized spacial score (nSPS) is 10.7. The number of anilines is 1. The summed E-state index contributed by atoms with van der Waals surface area (Å²) in [6.07, 6.45) is 5.42. The third-order valence-corrected chi connectivity index (χ3v) is 3.09. The van der Waals surface area contributed by atoms with E-state index in [1.807, 2.05) is 16.7 Å². The lowest BCUT2D eigenvalue weighted by Crippen LogP contribution is -2.07. The molecule has 0 aliphatic carbocycles. The van der Waals surface area contributed by atoms with Gasteiger partial charge >= 0.3 is 0 Å². The summed E-state index contributed by atoms with van der Waals surface area (Å²) in [5.41, 5.74) is 9.26. The molecule has 0 amide bonds. The lowest BCUT2D eigenvalue weighted by atomic mass is 10.1. The van der Waals surface area contributed by atoms with Crippen molar-refractivity contribution in [2.24, 2.45) is 0 Å². The van der Waals surface area contributed by atoms with Gasteiger partial charge in [0.15, 0.2) is 0 Å². The van der Waals surface area contributed by atoms with Crippen LogP contribution in [0.2, 0.25) is 0 Å². The lowest BCUT2D eigenvalue weighted by Gasteiger charge is -2.08. The Labute approximate surface area is 114 Å². The van der Waals surface area contributed by atoms with Crippen LogP contribution in [0.15, 0.2) is 24.3 Å². The van der Waals surface area contributed by atoms with Gasteiger partial charge in [-0.15, -0.1) is 6.42 Å². The van der Waals surface area contributed by atoms with E-state index < -0.39 is 0 Å². The Bertz CT molecular complexity index is 630. The van der Waals surface area contributed by atoms with E-state index in [4.69, 9.17) is 12.2 Å². The van der Waals surface area contributed by atoms with Gasteiger partial charge in [-0.05, 0) is 13.0 Å². The summed E-state index contributed by atoms with van der Waals surface area (Å²) in [6, 6.07) is 8.18. The second-order valence-electron chi connectivity index (χ2n) is 5.02. The molecule has 0 radical (unpaired) electrons. The fourth-order valence-corrected chi connectivity index (χ4v) is 2.19. The Morgan fingerprint density at radius 3 is 2.74 bits per heavy atom. The van der Waals surface area contributed by atoms with Crippen molar-refractivity contribution in [1.82, 2.24) is 9.55 Å². The fraction of sp³-hybridized carbons (Fsp3) is 0.312. The number of terminal acetylenes is 1. The molecular weight excluding hydrogens is 234 g/mol. The van der Waals surface area contributed by atoms with Crippen LogP contribution in [0.4, 0.5) is 5.82 Å². The zero-order chi connectivity index (χ0) is 14.0. The van der Waals surface area contributed by atoms with E-state index >= 15 is 0 Å². The first-order valence-corrected chi connectivity index (χ1v) is 6.41. The predicted molar refractivity (Wildman–Crippen MR) is 79.7 cm³/mol. The molecule has 0 aliphatic rings. The van der Waals surface area contributed by atoms with Gasteiger partial charge in [-0.3, -0.25) is 0 Å². The minimum atomic E-state index is 0.286. The van der Waals surface area contributed by atoms with Crippen molar-refractivity contribution >= 4 is 5.82 Å². The molecule has 3 nitrogen and oxygen atoms in total. The van der Waals surface area contributed by atoms with Crippen LogP contribution in [0, 0.1) is 19.3 Å². The highest BCUT2D eigenvalue weighted by Crippen LogP contribution is 2.29. The third-order valence-electron chi connectivity index (χ3n) is 3.09. The van der Waals surface area contributed by atoms with Crippen LogP contribution in [-0.2, 0) is 6.54 Å². The minimum Gasteiger partial charge on any atom is -0.383 e. The van der Waals surface area contributed by atoms with E-state index in [0.29, 0.717) is 12.4 Å². The second kappa shape index (κ2) is 5.19. The molecule has 19 heavy (non-hydrogen) atoms. The Morgan fingerprint density at radius 2 is 2.16 bits per heavy atom. The average molecular weight is 253 g/mol. The summed E-state index contributed by atoms with van der Waals surface area (Å²) >= 11 is 0. The van der Waals surface area contributed by atoms with Gasteiger partial charge in [-0.1, -0.05) is 43.5 Å². The molecule has 3 heteroatoms.